The Hall–Kier alpha value is -1.02. The second kappa shape index (κ2) is 4.87. The van der Waals surface area contributed by atoms with Crippen molar-refractivity contribution < 1.29 is 9.52 Å². The molecule has 0 fully saturated rings. The SMILES string of the molecule is C=C(C)CCCC(O)c1ccco1. The molecule has 72 valence electrons. The second-order valence-electron chi connectivity index (χ2n) is 3.38. The van der Waals surface area contributed by atoms with Crippen molar-refractivity contribution in [3.63, 3.8) is 0 Å². The molecule has 0 aromatic carbocycles. The highest BCUT2D eigenvalue weighted by atomic mass is 16.4. The van der Waals surface area contributed by atoms with Crippen LogP contribution in [0.3, 0.4) is 0 Å². The maximum atomic E-state index is 9.60. The molecule has 0 radical (unpaired) electrons. The summed E-state index contributed by atoms with van der Waals surface area (Å²) in [5.74, 6) is 0.654. The molecule has 1 atom stereocenters. The van der Waals surface area contributed by atoms with Crippen molar-refractivity contribution in [3.05, 3.63) is 36.3 Å². The van der Waals surface area contributed by atoms with Crippen molar-refractivity contribution in [1.29, 1.82) is 0 Å². The van der Waals surface area contributed by atoms with Gasteiger partial charge in [0.15, 0.2) is 0 Å². The Bertz CT molecular complexity index is 249. The van der Waals surface area contributed by atoms with Crippen LogP contribution in [0.1, 0.15) is 38.1 Å². The zero-order valence-corrected chi connectivity index (χ0v) is 7.99. The lowest BCUT2D eigenvalue weighted by Crippen LogP contribution is -1.95. The van der Waals surface area contributed by atoms with Gasteiger partial charge in [0, 0.05) is 0 Å². The van der Waals surface area contributed by atoms with Crippen LogP contribution in [0.2, 0.25) is 0 Å². The fourth-order valence-electron chi connectivity index (χ4n) is 1.22. The van der Waals surface area contributed by atoms with Crippen molar-refractivity contribution in [1.82, 2.24) is 0 Å². The van der Waals surface area contributed by atoms with Crippen LogP contribution in [0.4, 0.5) is 0 Å². The number of allylic oxidation sites excluding steroid dienone is 1. The first-order valence-corrected chi connectivity index (χ1v) is 4.56. The molecular weight excluding hydrogens is 164 g/mol. The van der Waals surface area contributed by atoms with Crippen LogP contribution in [0.15, 0.2) is 35.0 Å². The first-order chi connectivity index (χ1) is 6.20. The Morgan fingerprint density at radius 3 is 3.00 bits per heavy atom. The molecule has 0 amide bonds. The van der Waals surface area contributed by atoms with Crippen LogP contribution < -0.4 is 0 Å². The monoisotopic (exact) mass is 180 g/mol. The topological polar surface area (TPSA) is 33.4 Å². The molecular formula is C11H16O2. The van der Waals surface area contributed by atoms with Crippen molar-refractivity contribution in [3.8, 4) is 0 Å². The van der Waals surface area contributed by atoms with Gasteiger partial charge in [-0.05, 0) is 38.3 Å². The van der Waals surface area contributed by atoms with Gasteiger partial charge in [0.25, 0.3) is 0 Å². The van der Waals surface area contributed by atoms with Crippen LogP contribution in [0, 0.1) is 0 Å². The van der Waals surface area contributed by atoms with Gasteiger partial charge in [-0.3, -0.25) is 0 Å². The highest BCUT2D eigenvalue weighted by molar-refractivity contribution is 5.01. The second-order valence-corrected chi connectivity index (χ2v) is 3.38. The molecule has 1 aromatic rings. The molecule has 2 heteroatoms. The van der Waals surface area contributed by atoms with Gasteiger partial charge in [-0.1, -0.05) is 5.57 Å². The number of rotatable bonds is 5. The normalized spacial score (nSPS) is 12.8. The third kappa shape index (κ3) is 3.47. The Labute approximate surface area is 78.9 Å². The van der Waals surface area contributed by atoms with Gasteiger partial charge >= 0.3 is 0 Å². The largest absolute Gasteiger partial charge is 0.467 e. The molecule has 1 N–H and O–H groups in total. The van der Waals surface area contributed by atoms with Gasteiger partial charge < -0.3 is 9.52 Å². The van der Waals surface area contributed by atoms with Crippen LogP contribution >= 0.6 is 0 Å². The number of furan rings is 1. The number of hydrogen-bond acceptors (Lipinski definition) is 2. The summed E-state index contributed by atoms with van der Waals surface area (Å²) in [6.45, 7) is 5.81. The lowest BCUT2D eigenvalue weighted by atomic mass is 10.1. The minimum absolute atomic E-state index is 0.464. The Morgan fingerprint density at radius 1 is 1.69 bits per heavy atom. The van der Waals surface area contributed by atoms with Crippen LogP contribution in [-0.4, -0.2) is 5.11 Å². The predicted octanol–water partition coefficient (Wildman–Crippen LogP) is 3.06. The molecule has 0 bridgehead atoms. The van der Waals surface area contributed by atoms with E-state index in [1.807, 2.05) is 6.92 Å². The average Bonchev–Trinajstić information content (AvgIpc) is 2.55. The molecule has 1 aromatic heterocycles. The molecule has 0 aliphatic heterocycles. The van der Waals surface area contributed by atoms with Gasteiger partial charge in [0.1, 0.15) is 11.9 Å². The summed E-state index contributed by atoms with van der Waals surface area (Å²) in [7, 11) is 0. The first-order valence-electron chi connectivity index (χ1n) is 4.56. The zero-order chi connectivity index (χ0) is 9.68. The quantitative estimate of drug-likeness (QED) is 0.706. The maximum Gasteiger partial charge on any atom is 0.132 e. The molecule has 0 aliphatic carbocycles. The van der Waals surface area contributed by atoms with E-state index in [-0.39, 0.29) is 0 Å². The lowest BCUT2D eigenvalue weighted by molar-refractivity contribution is 0.138. The van der Waals surface area contributed by atoms with Crippen molar-refractivity contribution in [2.45, 2.75) is 32.3 Å². The summed E-state index contributed by atoms with van der Waals surface area (Å²) >= 11 is 0. The molecule has 0 spiro atoms. The maximum absolute atomic E-state index is 9.60. The molecule has 13 heavy (non-hydrogen) atoms. The third-order valence-corrected chi connectivity index (χ3v) is 1.95. The van der Waals surface area contributed by atoms with Crippen LogP contribution in [0.5, 0.6) is 0 Å². The van der Waals surface area contributed by atoms with E-state index < -0.39 is 6.10 Å². The average molecular weight is 180 g/mol. The number of aliphatic hydroxyl groups excluding tert-OH is 1. The van der Waals surface area contributed by atoms with Crippen LogP contribution in [0.25, 0.3) is 0 Å². The van der Waals surface area contributed by atoms with E-state index in [1.54, 1.807) is 18.4 Å². The van der Waals surface area contributed by atoms with E-state index in [1.165, 1.54) is 0 Å². The Morgan fingerprint density at radius 2 is 2.46 bits per heavy atom. The highest BCUT2D eigenvalue weighted by Gasteiger charge is 2.08. The summed E-state index contributed by atoms with van der Waals surface area (Å²) in [6.07, 6.45) is 3.78. The van der Waals surface area contributed by atoms with Crippen molar-refractivity contribution in [2.24, 2.45) is 0 Å². The first kappa shape index (κ1) is 10.1. The minimum atomic E-state index is -0.464. The molecule has 0 saturated heterocycles. The summed E-state index contributed by atoms with van der Waals surface area (Å²) in [4.78, 5) is 0. The Balaban J connectivity index is 2.26. The molecule has 2 nitrogen and oxygen atoms in total. The Kier molecular flexibility index (Phi) is 3.77. The van der Waals surface area contributed by atoms with E-state index >= 15 is 0 Å². The zero-order valence-electron chi connectivity index (χ0n) is 7.99. The third-order valence-electron chi connectivity index (χ3n) is 1.95. The molecule has 1 heterocycles. The summed E-state index contributed by atoms with van der Waals surface area (Å²) in [5, 5.41) is 9.60. The van der Waals surface area contributed by atoms with E-state index in [9.17, 15) is 5.11 Å². The number of aliphatic hydroxyl groups is 1. The van der Waals surface area contributed by atoms with Gasteiger partial charge in [-0.15, -0.1) is 6.58 Å². The van der Waals surface area contributed by atoms with Crippen molar-refractivity contribution >= 4 is 0 Å². The van der Waals surface area contributed by atoms with Gasteiger partial charge in [-0.25, -0.2) is 0 Å². The summed E-state index contributed by atoms with van der Waals surface area (Å²) in [5.41, 5.74) is 1.16. The standard InChI is InChI=1S/C11H16O2/c1-9(2)5-3-6-10(12)11-7-4-8-13-11/h4,7-8,10,12H,1,3,5-6H2,2H3. The van der Waals surface area contributed by atoms with Gasteiger partial charge in [0.05, 0.1) is 6.26 Å². The highest BCUT2D eigenvalue weighted by Crippen LogP contribution is 2.20. The fourth-order valence-corrected chi connectivity index (χ4v) is 1.22. The van der Waals surface area contributed by atoms with Crippen LogP contribution in [-0.2, 0) is 0 Å². The smallest absolute Gasteiger partial charge is 0.132 e. The minimum Gasteiger partial charge on any atom is -0.467 e. The lowest BCUT2D eigenvalue weighted by Gasteiger charge is -2.06. The number of hydrogen-bond donors (Lipinski definition) is 1. The molecule has 1 rings (SSSR count). The molecule has 0 saturated carbocycles. The molecule has 1 unspecified atom stereocenters. The fraction of sp³-hybridized carbons (Fsp3) is 0.455. The van der Waals surface area contributed by atoms with E-state index in [4.69, 9.17) is 4.42 Å². The van der Waals surface area contributed by atoms with E-state index in [2.05, 4.69) is 6.58 Å². The van der Waals surface area contributed by atoms with E-state index in [0.29, 0.717) is 5.76 Å². The summed E-state index contributed by atoms with van der Waals surface area (Å²) in [6, 6.07) is 3.59. The van der Waals surface area contributed by atoms with Crippen molar-refractivity contribution in [2.75, 3.05) is 0 Å². The summed E-state index contributed by atoms with van der Waals surface area (Å²) < 4.78 is 5.08. The predicted molar refractivity (Wildman–Crippen MR) is 52.3 cm³/mol. The molecule has 0 aliphatic rings. The van der Waals surface area contributed by atoms with Gasteiger partial charge in [0.2, 0.25) is 0 Å². The van der Waals surface area contributed by atoms with Gasteiger partial charge in [-0.2, -0.15) is 0 Å². The van der Waals surface area contributed by atoms with E-state index in [0.717, 1.165) is 24.8 Å².